The quantitative estimate of drug-likeness (QED) is 0.169. The first-order valence-electron chi connectivity index (χ1n) is 13.6. The van der Waals surface area contributed by atoms with Crippen molar-refractivity contribution in [2.45, 2.75) is 32.6 Å². The summed E-state index contributed by atoms with van der Waals surface area (Å²) in [5.41, 5.74) is 9.80. The lowest BCUT2D eigenvalue weighted by Crippen LogP contribution is -2.16. The van der Waals surface area contributed by atoms with Crippen molar-refractivity contribution in [3.05, 3.63) is 154 Å². The maximum Gasteiger partial charge on any atom is 0.159 e. The summed E-state index contributed by atoms with van der Waals surface area (Å²) in [6, 6.07) is 31.5. The molecule has 4 aromatic carbocycles. The summed E-state index contributed by atoms with van der Waals surface area (Å²) in [5.74, 6) is 0.675. The Balaban J connectivity index is 1.49. The third-order valence-electron chi connectivity index (χ3n) is 7.93. The van der Waals surface area contributed by atoms with Crippen molar-refractivity contribution < 1.29 is 0 Å². The largest absolute Gasteiger partial charge is 0.233 e. The van der Waals surface area contributed by atoms with Gasteiger partial charge < -0.3 is 0 Å². The molecule has 0 N–H and O–H groups in total. The molecule has 0 amide bonds. The van der Waals surface area contributed by atoms with Gasteiger partial charge in [-0.15, -0.1) is 0 Å². The van der Waals surface area contributed by atoms with Gasteiger partial charge in [0.25, 0.3) is 0 Å². The standard InChI is InChI=1S/C37H31BrN2/c1-24(26-12-6-5-7-13-26)39-36(40-25(2)30-18-10-15-27-14-8-9-17-31(27)30)28-16-11-19-32-33-21-20-29(38)23-35(33)37(3,4)34(32)22-28/h5-10,12-23H,2,11H2,1,3-4H3. The number of benzene rings is 4. The number of halogens is 1. The Morgan fingerprint density at radius 1 is 0.850 bits per heavy atom. The Morgan fingerprint density at radius 3 is 2.42 bits per heavy atom. The van der Waals surface area contributed by atoms with Crippen molar-refractivity contribution in [3.8, 4) is 0 Å². The van der Waals surface area contributed by atoms with Gasteiger partial charge in [-0.3, -0.25) is 0 Å². The molecular weight excluding hydrogens is 552 g/mol. The van der Waals surface area contributed by atoms with Gasteiger partial charge in [-0.05, 0) is 70.2 Å². The maximum absolute atomic E-state index is 5.15. The van der Waals surface area contributed by atoms with Crippen LogP contribution in [0, 0.1) is 0 Å². The molecule has 0 spiro atoms. The van der Waals surface area contributed by atoms with Crippen LogP contribution in [0.2, 0.25) is 0 Å². The maximum atomic E-state index is 5.15. The molecule has 196 valence electrons. The monoisotopic (exact) mass is 582 g/mol. The van der Waals surface area contributed by atoms with Crippen LogP contribution in [0.1, 0.15) is 49.4 Å². The molecule has 2 nitrogen and oxygen atoms in total. The Labute approximate surface area is 245 Å². The molecule has 6 rings (SSSR count). The van der Waals surface area contributed by atoms with Crippen LogP contribution in [0.5, 0.6) is 0 Å². The summed E-state index contributed by atoms with van der Waals surface area (Å²) < 4.78 is 1.10. The lowest BCUT2D eigenvalue weighted by atomic mass is 9.81. The van der Waals surface area contributed by atoms with Crippen molar-refractivity contribution in [2.75, 3.05) is 0 Å². The van der Waals surface area contributed by atoms with E-state index >= 15 is 0 Å². The van der Waals surface area contributed by atoms with Crippen LogP contribution in [0.4, 0.5) is 0 Å². The third kappa shape index (κ3) is 4.76. The number of hydrogen-bond donors (Lipinski definition) is 0. The number of rotatable bonds is 4. The highest BCUT2D eigenvalue weighted by Gasteiger charge is 2.38. The molecule has 0 fully saturated rings. The summed E-state index contributed by atoms with van der Waals surface area (Å²) in [6.45, 7) is 11.1. The van der Waals surface area contributed by atoms with Gasteiger partial charge in [0.2, 0.25) is 0 Å². The number of aliphatic imine (C=N–C) groups is 2. The summed E-state index contributed by atoms with van der Waals surface area (Å²) in [5, 5.41) is 2.31. The molecule has 40 heavy (non-hydrogen) atoms. The van der Waals surface area contributed by atoms with E-state index in [0.29, 0.717) is 11.5 Å². The van der Waals surface area contributed by atoms with E-state index in [1.807, 2.05) is 25.1 Å². The molecule has 0 saturated heterocycles. The van der Waals surface area contributed by atoms with Crippen LogP contribution in [-0.2, 0) is 5.41 Å². The van der Waals surface area contributed by atoms with E-state index in [1.54, 1.807) is 0 Å². The number of amidine groups is 1. The first kappa shape index (κ1) is 26.2. The molecule has 0 heterocycles. The second-order valence-electron chi connectivity index (χ2n) is 10.9. The lowest BCUT2D eigenvalue weighted by molar-refractivity contribution is 0.660. The van der Waals surface area contributed by atoms with E-state index in [9.17, 15) is 0 Å². The average Bonchev–Trinajstić information content (AvgIpc) is 3.10. The minimum absolute atomic E-state index is 0.148. The molecule has 0 atom stereocenters. The van der Waals surface area contributed by atoms with Gasteiger partial charge in [0, 0.05) is 26.7 Å². The number of fused-ring (bicyclic) bond motifs is 4. The van der Waals surface area contributed by atoms with Crippen molar-refractivity contribution in [3.63, 3.8) is 0 Å². The fourth-order valence-electron chi connectivity index (χ4n) is 5.77. The normalized spacial score (nSPS) is 16.4. The summed E-state index contributed by atoms with van der Waals surface area (Å²) in [7, 11) is 0. The Bertz CT molecular complexity index is 1810. The molecule has 0 saturated carbocycles. The van der Waals surface area contributed by atoms with Crippen LogP contribution < -0.4 is 0 Å². The molecule has 2 aliphatic carbocycles. The predicted octanol–water partition coefficient (Wildman–Crippen LogP) is 10.1. The van der Waals surface area contributed by atoms with E-state index in [4.69, 9.17) is 9.98 Å². The molecule has 4 aromatic rings. The van der Waals surface area contributed by atoms with Gasteiger partial charge in [-0.2, -0.15) is 0 Å². The van der Waals surface area contributed by atoms with Gasteiger partial charge in [0.15, 0.2) is 5.84 Å². The average molecular weight is 584 g/mol. The van der Waals surface area contributed by atoms with Crippen LogP contribution in [0.3, 0.4) is 0 Å². The van der Waals surface area contributed by atoms with E-state index in [-0.39, 0.29) is 5.41 Å². The smallest absolute Gasteiger partial charge is 0.159 e. The van der Waals surface area contributed by atoms with Crippen molar-refractivity contribution in [1.82, 2.24) is 0 Å². The number of nitrogens with zero attached hydrogens (tertiary/aromatic N) is 2. The van der Waals surface area contributed by atoms with E-state index in [1.165, 1.54) is 27.7 Å². The summed E-state index contributed by atoms with van der Waals surface area (Å²) >= 11 is 3.69. The fraction of sp³-hybridized carbons (Fsp3) is 0.135. The molecule has 3 heteroatoms. The molecule has 0 aromatic heterocycles. The first-order valence-corrected chi connectivity index (χ1v) is 14.4. The zero-order valence-electron chi connectivity index (χ0n) is 23.1. The van der Waals surface area contributed by atoms with Crippen LogP contribution >= 0.6 is 15.9 Å². The predicted molar refractivity (Wildman–Crippen MR) is 175 cm³/mol. The molecule has 2 aliphatic rings. The van der Waals surface area contributed by atoms with Gasteiger partial charge in [0.1, 0.15) is 0 Å². The summed E-state index contributed by atoms with van der Waals surface area (Å²) in [4.78, 5) is 10.3. The second-order valence-corrected chi connectivity index (χ2v) is 11.8. The molecule has 0 unspecified atom stereocenters. The minimum Gasteiger partial charge on any atom is -0.233 e. The highest BCUT2D eigenvalue weighted by Crippen LogP contribution is 2.51. The Hall–Kier alpha value is -4.08. The van der Waals surface area contributed by atoms with Crippen LogP contribution in [0.15, 0.2) is 141 Å². The van der Waals surface area contributed by atoms with Crippen molar-refractivity contribution in [1.29, 1.82) is 0 Å². The van der Waals surface area contributed by atoms with Crippen molar-refractivity contribution >= 4 is 49.5 Å². The van der Waals surface area contributed by atoms with Crippen LogP contribution in [0.25, 0.3) is 22.0 Å². The van der Waals surface area contributed by atoms with E-state index < -0.39 is 0 Å². The third-order valence-corrected chi connectivity index (χ3v) is 8.43. The number of hydrogen-bond acceptors (Lipinski definition) is 1. The molecule has 0 bridgehead atoms. The first-order chi connectivity index (χ1) is 19.3. The van der Waals surface area contributed by atoms with E-state index in [2.05, 4.69) is 127 Å². The SMILES string of the molecule is C=C(N=C(N=C(C)c1ccccc1)C1=CCC=C2C(=C1)C(C)(C)c1cc(Br)ccc12)c1cccc2ccccc12. The Kier molecular flexibility index (Phi) is 6.85. The topological polar surface area (TPSA) is 24.7 Å². The zero-order chi connectivity index (χ0) is 27.9. The second kappa shape index (κ2) is 10.5. The highest BCUT2D eigenvalue weighted by atomic mass is 79.9. The molecule has 0 radical (unpaired) electrons. The molecular formula is C37H31BrN2. The van der Waals surface area contributed by atoms with Gasteiger partial charge in [-0.25, -0.2) is 9.98 Å². The fourth-order valence-corrected chi connectivity index (χ4v) is 6.13. The van der Waals surface area contributed by atoms with E-state index in [0.717, 1.165) is 38.7 Å². The number of allylic oxidation sites excluding steroid dienone is 4. The minimum atomic E-state index is -0.148. The summed E-state index contributed by atoms with van der Waals surface area (Å²) in [6.07, 6.45) is 7.68. The Morgan fingerprint density at radius 2 is 1.60 bits per heavy atom. The zero-order valence-corrected chi connectivity index (χ0v) is 24.7. The highest BCUT2D eigenvalue weighted by molar-refractivity contribution is 9.10. The van der Waals surface area contributed by atoms with Gasteiger partial charge in [-0.1, -0.05) is 127 Å². The van der Waals surface area contributed by atoms with Gasteiger partial charge >= 0.3 is 0 Å². The van der Waals surface area contributed by atoms with Crippen molar-refractivity contribution in [2.24, 2.45) is 9.98 Å². The lowest BCUT2D eigenvalue weighted by Gasteiger charge is -2.22. The van der Waals surface area contributed by atoms with Crippen LogP contribution in [-0.4, -0.2) is 11.5 Å². The molecule has 0 aliphatic heterocycles. The van der Waals surface area contributed by atoms with Gasteiger partial charge in [0.05, 0.1) is 5.70 Å².